The Hall–Kier alpha value is -0.260. The Labute approximate surface area is 103 Å². The van der Waals surface area contributed by atoms with E-state index in [-0.39, 0.29) is 0 Å². The lowest BCUT2D eigenvalue weighted by atomic mass is 9.83. The first-order valence-electron chi connectivity index (χ1n) is 7.33. The van der Waals surface area contributed by atoms with Gasteiger partial charge in [-0.05, 0) is 56.8 Å². The van der Waals surface area contributed by atoms with Gasteiger partial charge in [-0.2, -0.15) is 0 Å². The summed E-state index contributed by atoms with van der Waals surface area (Å²) in [6.45, 7) is 9.42. The fraction of sp³-hybridized carbons (Fsp3) is 0.875. The predicted octanol–water partition coefficient (Wildman–Crippen LogP) is 5.73. The highest BCUT2D eigenvalue weighted by Gasteiger charge is 2.14. The zero-order valence-corrected chi connectivity index (χ0v) is 11.8. The Bertz CT molecular complexity index is 212. The SMILES string of the molecule is CCC(CCCC(C)C)=C1CCC(C)CC1. The minimum Gasteiger partial charge on any atom is -0.0713 e. The van der Waals surface area contributed by atoms with E-state index in [1.807, 2.05) is 5.57 Å². The molecule has 0 spiro atoms. The second-order valence-electron chi connectivity index (χ2n) is 6.03. The van der Waals surface area contributed by atoms with Crippen molar-refractivity contribution in [1.82, 2.24) is 0 Å². The van der Waals surface area contributed by atoms with Crippen LogP contribution in [0.5, 0.6) is 0 Å². The third kappa shape index (κ3) is 4.72. The minimum absolute atomic E-state index is 0.870. The molecule has 0 aromatic heterocycles. The summed E-state index contributed by atoms with van der Waals surface area (Å²) in [5.41, 5.74) is 3.62. The van der Waals surface area contributed by atoms with Crippen LogP contribution in [-0.4, -0.2) is 0 Å². The number of allylic oxidation sites excluding steroid dienone is 2. The molecule has 0 N–H and O–H groups in total. The van der Waals surface area contributed by atoms with E-state index in [0.717, 1.165) is 11.8 Å². The molecule has 16 heavy (non-hydrogen) atoms. The summed E-state index contributed by atoms with van der Waals surface area (Å²) in [5.74, 6) is 1.84. The van der Waals surface area contributed by atoms with Crippen LogP contribution in [-0.2, 0) is 0 Å². The molecular weight excluding hydrogens is 192 g/mol. The molecule has 94 valence electrons. The Balaban J connectivity index is 2.42. The Kier molecular flexibility index (Phi) is 6.16. The predicted molar refractivity (Wildman–Crippen MR) is 73.6 cm³/mol. The number of rotatable bonds is 5. The van der Waals surface area contributed by atoms with Gasteiger partial charge in [-0.3, -0.25) is 0 Å². The van der Waals surface area contributed by atoms with E-state index >= 15 is 0 Å². The summed E-state index contributed by atoms with van der Waals surface area (Å²) >= 11 is 0. The van der Waals surface area contributed by atoms with E-state index in [2.05, 4.69) is 27.7 Å². The minimum atomic E-state index is 0.870. The van der Waals surface area contributed by atoms with Gasteiger partial charge in [0.05, 0.1) is 0 Å². The van der Waals surface area contributed by atoms with Crippen molar-refractivity contribution in [2.45, 2.75) is 79.1 Å². The van der Waals surface area contributed by atoms with Crippen LogP contribution in [0.4, 0.5) is 0 Å². The molecule has 0 saturated heterocycles. The van der Waals surface area contributed by atoms with E-state index < -0.39 is 0 Å². The highest BCUT2D eigenvalue weighted by atomic mass is 14.2. The van der Waals surface area contributed by atoms with Crippen LogP contribution >= 0.6 is 0 Å². The zero-order chi connectivity index (χ0) is 12.0. The van der Waals surface area contributed by atoms with Crippen LogP contribution in [0.15, 0.2) is 11.1 Å². The molecule has 1 aliphatic carbocycles. The molecule has 0 atom stereocenters. The number of hydrogen-bond donors (Lipinski definition) is 0. The molecular formula is C16H30. The summed E-state index contributed by atoms with van der Waals surface area (Å²) in [7, 11) is 0. The molecule has 1 aliphatic rings. The van der Waals surface area contributed by atoms with Crippen LogP contribution in [0.25, 0.3) is 0 Å². The maximum absolute atomic E-state index is 2.40. The molecule has 0 unspecified atom stereocenters. The van der Waals surface area contributed by atoms with Gasteiger partial charge in [0.25, 0.3) is 0 Å². The van der Waals surface area contributed by atoms with Crippen LogP contribution in [0.1, 0.15) is 79.1 Å². The largest absolute Gasteiger partial charge is 0.0713 e. The van der Waals surface area contributed by atoms with Crippen molar-refractivity contribution in [3.8, 4) is 0 Å². The first kappa shape index (κ1) is 13.8. The standard InChI is InChI=1S/C16H30/c1-5-15(8-6-7-13(2)3)16-11-9-14(4)10-12-16/h13-14H,5-12H2,1-4H3. The van der Waals surface area contributed by atoms with Crippen LogP contribution in [0, 0.1) is 11.8 Å². The van der Waals surface area contributed by atoms with E-state index in [4.69, 9.17) is 0 Å². The van der Waals surface area contributed by atoms with E-state index in [9.17, 15) is 0 Å². The Morgan fingerprint density at radius 2 is 1.88 bits per heavy atom. The van der Waals surface area contributed by atoms with Gasteiger partial charge in [0, 0.05) is 0 Å². The smallest absolute Gasteiger partial charge is 0.0315 e. The van der Waals surface area contributed by atoms with Gasteiger partial charge in [-0.1, -0.05) is 45.3 Å². The fourth-order valence-corrected chi connectivity index (χ4v) is 2.79. The highest BCUT2D eigenvalue weighted by Crippen LogP contribution is 2.32. The summed E-state index contributed by atoms with van der Waals surface area (Å²) in [6, 6.07) is 0. The molecule has 0 aliphatic heterocycles. The molecule has 0 heterocycles. The van der Waals surface area contributed by atoms with Crippen molar-refractivity contribution in [3.05, 3.63) is 11.1 Å². The average molecular weight is 222 g/mol. The molecule has 0 aromatic rings. The lowest BCUT2D eigenvalue weighted by molar-refractivity contribution is 0.438. The van der Waals surface area contributed by atoms with E-state index in [1.54, 1.807) is 5.57 Å². The van der Waals surface area contributed by atoms with Crippen LogP contribution in [0.2, 0.25) is 0 Å². The lowest BCUT2D eigenvalue weighted by Crippen LogP contribution is -2.06. The van der Waals surface area contributed by atoms with Gasteiger partial charge in [0.15, 0.2) is 0 Å². The molecule has 0 radical (unpaired) electrons. The van der Waals surface area contributed by atoms with Crippen LogP contribution in [0.3, 0.4) is 0 Å². The number of hydrogen-bond acceptors (Lipinski definition) is 0. The van der Waals surface area contributed by atoms with Crippen molar-refractivity contribution in [3.63, 3.8) is 0 Å². The fourth-order valence-electron chi connectivity index (χ4n) is 2.79. The van der Waals surface area contributed by atoms with Gasteiger partial charge in [0.2, 0.25) is 0 Å². The average Bonchev–Trinajstić information content (AvgIpc) is 2.26. The van der Waals surface area contributed by atoms with Crippen molar-refractivity contribution in [1.29, 1.82) is 0 Å². The third-order valence-corrected chi connectivity index (χ3v) is 4.06. The summed E-state index contributed by atoms with van der Waals surface area (Å²) in [6.07, 6.45) is 11.1. The van der Waals surface area contributed by atoms with Gasteiger partial charge in [-0.15, -0.1) is 0 Å². The molecule has 1 saturated carbocycles. The molecule has 0 nitrogen and oxygen atoms in total. The van der Waals surface area contributed by atoms with Crippen molar-refractivity contribution in [2.24, 2.45) is 11.8 Å². The zero-order valence-electron chi connectivity index (χ0n) is 11.8. The molecule has 0 bridgehead atoms. The molecule has 1 fully saturated rings. The highest BCUT2D eigenvalue weighted by molar-refractivity contribution is 5.15. The van der Waals surface area contributed by atoms with Gasteiger partial charge in [0.1, 0.15) is 0 Å². The molecule has 0 amide bonds. The Morgan fingerprint density at radius 3 is 2.38 bits per heavy atom. The van der Waals surface area contributed by atoms with Crippen LogP contribution < -0.4 is 0 Å². The van der Waals surface area contributed by atoms with Crippen molar-refractivity contribution in [2.75, 3.05) is 0 Å². The summed E-state index contributed by atoms with van der Waals surface area (Å²) in [4.78, 5) is 0. The van der Waals surface area contributed by atoms with E-state index in [1.165, 1.54) is 51.4 Å². The van der Waals surface area contributed by atoms with Gasteiger partial charge >= 0.3 is 0 Å². The topological polar surface area (TPSA) is 0 Å². The second kappa shape index (κ2) is 7.14. The molecule has 0 aromatic carbocycles. The first-order chi connectivity index (χ1) is 7.63. The molecule has 0 heteroatoms. The quantitative estimate of drug-likeness (QED) is 0.521. The van der Waals surface area contributed by atoms with Crippen molar-refractivity contribution >= 4 is 0 Å². The summed E-state index contributed by atoms with van der Waals surface area (Å²) in [5, 5.41) is 0. The molecule has 1 rings (SSSR count). The maximum atomic E-state index is 2.40. The van der Waals surface area contributed by atoms with Gasteiger partial charge in [-0.25, -0.2) is 0 Å². The summed E-state index contributed by atoms with van der Waals surface area (Å²) < 4.78 is 0. The lowest BCUT2D eigenvalue weighted by Gasteiger charge is -2.23. The maximum Gasteiger partial charge on any atom is -0.0315 e. The van der Waals surface area contributed by atoms with Gasteiger partial charge < -0.3 is 0 Å². The van der Waals surface area contributed by atoms with E-state index in [0.29, 0.717) is 0 Å². The Morgan fingerprint density at radius 1 is 1.25 bits per heavy atom. The second-order valence-corrected chi connectivity index (χ2v) is 6.03. The normalized spacial score (nSPS) is 21.6. The first-order valence-corrected chi connectivity index (χ1v) is 7.33. The third-order valence-electron chi connectivity index (χ3n) is 4.06. The van der Waals surface area contributed by atoms with Crippen molar-refractivity contribution < 1.29 is 0 Å². The monoisotopic (exact) mass is 222 g/mol.